The minimum absolute atomic E-state index is 0.668. The largest absolute Gasteiger partial charge is 0.445 e. The van der Waals surface area contributed by atoms with E-state index in [9.17, 15) is 0 Å². The summed E-state index contributed by atoms with van der Waals surface area (Å²) in [6.07, 6.45) is 5.52. The normalized spacial score (nSPS) is 10.9. The smallest absolute Gasteiger partial charge is 0.208 e. The highest BCUT2D eigenvalue weighted by molar-refractivity contribution is 4.91. The first-order valence-corrected chi connectivity index (χ1v) is 5.35. The third-order valence-corrected chi connectivity index (χ3v) is 2.40. The van der Waals surface area contributed by atoms with Gasteiger partial charge in [-0.3, -0.25) is 0 Å². The van der Waals surface area contributed by atoms with Gasteiger partial charge in [0.25, 0.3) is 0 Å². The minimum atomic E-state index is 0.668. The number of hydrogen-bond acceptors (Lipinski definition) is 4. The zero-order chi connectivity index (χ0) is 11.4. The number of aryl methyl sites for hydroxylation is 2. The van der Waals surface area contributed by atoms with Gasteiger partial charge in [0.2, 0.25) is 5.89 Å². The Morgan fingerprint density at radius 2 is 2.25 bits per heavy atom. The van der Waals surface area contributed by atoms with Crippen molar-refractivity contribution in [2.45, 2.75) is 26.9 Å². The summed E-state index contributed by atoms with van der Waals surface area (Å²) in [5.74, 6) is 2.62. The maximum absolute atomic E-state index is 5.35. The van der Waals surface area contributed by atoms with Crippen molar-refractivity contribution < 1.29 is 4.42 Å². The van der Waals surface area contributed by atoms with Gasteiger partial charge in [-0.15, -0.1) is 0 Å². The maximum Gasteiger partial charge on any atom is 0.208 e. The van der Waals surface area contributed by atoms with Crippen LogP contribution in [0.5, 0.6) is 0 Å². The van der Waals surface area contributed by atoms with E-state index < -0.39 is 0 Å². The van der Waals surface area contributed by atoms with Gasteiger partial charge >= 0.3 is 0 Å². The van der Waals surface area contributed by atoms with Crippen LogP contribution in [0.1, 0.15) is 17.5 Å². The van der Waals surface area contributed by atoms with Crippen LogP contribution in [0.4, 0.5) is 0 Å². The minimum Gasteiger partial charge on any atom is -0.445 e. The summed E-state index contributed by atoms with van der Waals surface area (Å²) in [6, 6.07) is 0. The molecular formula is C11H16N4O. The lowest BCUT2D eigenvalue weighted by Crippen LogP contribution is -2.19. The molecule has 0 aliphatic heterocycles. The molecule has 0 aliphatic rings. The van der Waals surface area contributed by atoms with Crippen molar-refractivity contribution >= 4 is 0 Å². The van der Waals surface area contributed by atoms with Crippen molar-refractivity contribution in [2.24, 2.45) is 0 Å². The molecule has 0 atom stereocenters. The SMILES string of the molecule is Cc1cnc(CNCCn2ccnc2C)o1. The van der Waals surface area contributed by atoms with Gasteiger partial charge in [0.05, 0.1) is 12.7 Å². The fraction of sp³-hybridized carbons (Fsp3) is 0.455. The fourth-order valence-electron chi connectivity index (χ4n) is 1.52. The molecule has 0 aromatic carbocycles. The molecule has 2 aromatic heterocycles. The molecule has 0 radical (unpaired) electrons. The van der Waals surface area contributed by atoms with E-state index in [1.54, 1.807) is 6.20 Å². The predicted molar refractivity (Wildman–Crippen MR) is 59.9 cm³/mol. The summed E-state index contributed by atoms with van der Waals surface area (Å²) in [7, 11) is 0. The highest BCUT2D eigenvalue weighted by Gasteiger charge is 2.00. The lowest BCUT2D eigenvalue weighted by Gasteiger charge is -2.05. The van der Waals surface area contributed by atoms with Crippen molar-refractivity contribution in [3.63, 3.8) is 0 Å². The van der Waals surface area contributed by atoms with Crippen molar-refractivity contribution in [3.8, 4) is 0 Å². The molecule has 0 spiro atoms. The van der Waals surface area contributed by atoms with E-state index >= 15 is 0 Å². The van der Waals surface area contributed by atoms with Crippen LogP contribution in [0, 0.1) is 13.8 Å². The number of imidazole rings is 1. The van der Waals surface area contributed by atoms with Gasteiger partial charge in [0, 0.05) is 25.5 Å². The second-order valence-electron chi connectivity index (χ2n) is 3.71. The van der Waals surface area contributed by atoms with Gasteiger partial charge in [-0.1, -0.05) is 0 Å². The summed E-state index contributed by atoms with van der Waals surface area (Å²) in [6.45, 7) is 6.34. The summed E-state index contributed by atoms with van der Waals surface area (Å²) in [4.78, 5) is 8.28. The molecule has 0 bridgehead atoms. The lowest BCUT2D eigenvalue weighted by molar-refractivity contribution is 0.444. The van der Waals surface area contributed by atoms with Crippen LogP contribution in [0.25, 0.3) is 0 Å². The van der Waals surface area contributed by atoms with Crippen molar-refractivity contribution in [1.82, 2.24) is 19.9 Å². The van der Waals surface area contributed by atoms with Gasteiger partial charge in [-0.05, 0) is 13.8 Å². The summed E-state index contributed by atoms with van der Waals surface area (Å²) >= 11 is 0. The molecule has 5 nitrogen and oxygen atoms in total. The summed E-state index contributed by atoms with van der Waals surface area (Å²) in [5, 5.41) is 3.28. The Hall–Kier alpha value is -1.62. The monoisotopic (exact) mass is 220 g/mol. The Morgan fingerprint density at radius 1 is 1.38 bits per heavy atom. The van der Waals surface area contributed by atoms with Crippen LogP contribution in [-0.4, -0.2) is 21.1 Å². The van der Waals surface area contributed by atoms with Crippen LogP contribution < -0.4 is 5.32 Å². The average molecular weight is 220 g/mol. The van der Waals surface area contributed by atoms with E-state index in [1.807, 2.05) is 26.2 Å². The zero-order valence-corrected chi connectivity index (χ0v) is 9.60. The first kappa shape index (κ1) is 10.9. The van der Waals surface area contributed by atoms with E-state index in [2.05, 4.69) is 19.9 Å². The van der Waals surface area contributed by atoms with E-state index in [1.165, 1.54) is 0 Å². The Labute approximate surface area is 94.5 Å². The fourth-order valence-corrected chi connectivity index (χ4v) is 1.52. The molecule has 0 saturated heterocycles. The molecule has 16 heavy (non-hydrogen) atoms. The third-order valence-electron chi connectivity index (χ3n) is 2.40. The Bertz CT molecular complexity index is 446. The maximum atomic E-state index is 5.35. The number of rotatable bonds is 5. The van der Waals surface area contributed by atoms with Crippen LogP contribution in [0.15, 0.2) is 23.0 Å². The van der Waals surface area contributed by atoms with Crippen molar-refractivity contribution in [1.29, 1.82) is 0 Å². The molecule has 0 aliphatic carbocycles. The van der Waals surface area contributed by atoms with Crippen LogP contribution in [0.2, 0.25) is 0 Å². The van der Waals surface area contributed by atoms with Gasteiger partial charge in [0.1, 0.15) is 11.6 Å². The Kier molecular flexibility index (Phi) is 3.36. The van der Waals surface area contributed by atoms with Crippen LogP contribution >= 0.6 is 0 Å². The molecule has 0 saturated carbocycles. The number of aromatic nitrogens is 3. The lowest BCUT2D eigenvalue weighted by atomic mass is 10.5. The van der Waals surface area contributed by atoms with E-state index in [0.717, 1.165) is 30.6 Å². The number of hydrogen-bond donors (Lipinski definition) is 1. The standard InChI is InChI=1S/C11H16N4O/c1-9-7-14-11(16-9)8-12-3-5-15-6-4-13-10(15)2/h4,6-7,12H,3,5,8H2,1-2H3. The van der Waals surface area contributed by atoms with Gasteiger partial charge in [-0.25, -0.2) is 9.97 Å². The van der Waals surface area contributed by atoms with E-state index in [0.29, 0.717) is 6.54 Å². The highest BCUT2D eigenvalue weighted by atomic mass is 16.4. The predicted octanol–water partition coefficient (Wildman–Crippen LogP) is 1.28. The summed E-state index contributed by atoms with van der Waals surface area (Å²) in [5.41, 5.74) is 0. The first-order chi connectivity index (χ1) is 7.75. The first-order valence-electron chi connectivity index (χ1n) is 5.35. The average Bonchev–Trinajstić information content (AvgIpc) is 2.83. The topological polar surface area (TPSA) is 55.9 Å². The van der Waals surface area contributed by atoms with Gasteiger partial charge < -0.3 is 14.3 Å². The molecule has 0 amide bonds. The third kappa shape index (κ3) is 2.70. The van der Waals surface area contributed by atoms with Gasteiger partial charge in [-0.2, -0.15) is 0 Å². The molecule has 2 rings (SSSR count). The Morgan fingerprint density at radius 3 is 2.88 bits per heavy atom. The number of nitrogens with zero attached hydrogens (tertiary/aromatic N) is 3. The van der Waals surface area contributed by atoms with Crippen LogP contribution in [0.3, 0.4) is 0 Å². The molecule has 2 heterocycles. The van der Waals surface area contributed by atoms with E-state index in [4.69, 9.17) is 4.42 Å². The summed E-state index contributed by atoms with van der Waals surface area (Å²) < 4.78 is 7.46. The van der Waals surface area contributed by atoms with Crippen molar-refractivity contribution in [2.75, 3.05) is 6.54 Å². The molecule has 0 unspecified atom stereocenters. The second kappa shape index (κ2) is 4.94. The molecule has 1 N–H and O–H groups in total. The van der Waals surface area contributed by atoms with Gasteiger partial charge in [0.15, 0.2) is 0 Å². The Balaban J connectivity index is 1.71. The van der Waals surface area contributed by atoms with Crippen molar-refractivity contribution in [3.05, 3.63) is 36.1 Å². The highest BCUT2D eigenvalue weighted by Crippen LogP contribution is 2.00. The molecule has 86 valence electrons. The van der Waals surface area contributed by atoms with E-state index in [-0.39, 0.29) is 0 Å². The second-order valence-corrected chi connectivity index (χ2v) is 3.71. The molecular weight excluding hydrogens is 204 g/mol. The quantitative estimate of drug-likeness (QED) is 0.771. The zero-order valence-electron chi connectivity index (χ0n) is 9.60. The number of nitrogens with one attached hydrogen (secondary N) is 1. The van der Waals surface area contributed by atoms with Crippen LogP contribution in [-0.2, 0) is 13.1 Å². The molecule has 0 fully saturated rings. The molecule has 2 aromatic rings. The number of oxazole rings is 1. The molecule has 5 heteroatoms.